The maximum absolute atomic E-state index is 12.5. The number of aliphatic hydroxyl groups is 1. The van der Waals surface area contributed by atoms with E-state index in [1.807, 2.05) is 19.0 Å². The van der Waals surface area contributed by atoms with E-state index in [2.05, 4.69) is 21.7 Å². The molecule has 1 aromatic rings. The first-order valence-corrected chi connectivity index (χ1v) is 6.64. The Morgan fingerprint density at radius 1 is 1.60 bits per heavy atom. The van der Waals surface area contributed by atoms with E-state index < -0.39 is 0 Å². The van der Waals surface area contributed by atoms with Gasteiger partial charge in [-0.25, -0.2) is 4.98 Å². The number of carbonyl (C=O) groups is 1. The van der Waals surface area contributed by atoms with Crippen molar-refractivity contribution in [2.75, 3.05) is 33.8 Å². The number of amides is 1. The molecule has 0 aliphatic carbocycles. The second-order valence-corrected chi connectivity index (χ2v) is 5.02. The predicted molar refractivity (Wildman–Crippen MR) is 76.2 cm³/mol. The fraction of sp³-hybridized carbons (Fsp3) is 0.467. The van der Waals surface area contributed by atoms with Crippen molar-refractivity contribution >= 4 is 5.91 Å². The number of nitrogens with zero attached hydrogens (tertiary/aromatic N) is 3. The maximum atomic E-state index is 12.5. The number of rotatable bonds is 2. The number of hydrogen-bond donors (Lipinski definition) is 1. The van der Waals surface area contributed by atoms with Crippen molar-refractivity contribution in [2.45, 2.75) is 12.5 Å². The lowest BCUT2D eigenvalue weighted by Gasteiger charge is -2.20. The standard InChI is InChI=1S/C15H19N3O2/c1-17(2)13-7-9-18(11-13)15(20)14-12(6-4-10-19)5-3-8-16-14/h3,5,8,13,19H,7,9-11H2,1-2H3. The Hall–Kier alpha value is -1.90. The van der Waals surface area contributed by atoms with Crippen LogP contribution in [-0.2, 0) is 0 Å². The van der Waals surface area contributed by atoms with E-state index in [4.69, 9.17) is 5.11 Å². The van der Waals surface area contributed by atoms with Crippen LogP contribution in [0.4, 0.5) is 0 Å². The van der Waals surface area contributed by atoms with Crippen LogP contribution in [0.15, 0.2) is 18.3 Å². The number of aromatic nitrogens is 1. The first-order chi connectivity index (χ1) is 9.63. The number of hydrogen-bond acceptors (Lipinski definition) is 4. The molecule has 106 valence electrons. The zero-order valence-electron chi connectivity index (χ0n) is 11.8. The molecule has 0 bridgehead atoms. The van der Waals surface area contributed by atoms with E-state index >= 15 is 0 Å². The molecule has 1 aliphatic rings. The lowest BCUT2D eigenvalue weighted by atomic mass is 10.2. The van der Waals surface area contributed by atoms with Crippen LogP contribution in [0.2, 0.25) is 0 Å². The quantitative estimate of drug-likeness (QED) is 0.782. The van der Waals surface area contributed by atoms with Crippen molar-refractivity contribution in [3.63, 3.8) is 0 Å². The van der Waals surface area contributed by atoms with Crippen LogP contribution >= 0.6 is 0 Å². The fourth-order valence-corrected chi connectivity index (χ4v) is 2.31. The molecule has 1 amide bonds. The van der Waals surface area contributed by atoms with E-state index in [0.29, 0.717) is 17.3 Å². The van der Waals surface area contributed by atoms with Gasteiger partial charge in [0.05, 0.1) is 5.56 Å². The highest BCUT2D eigenvalue weighted by Gasteiger charge is 2.29. The second kappa shape index (κ2) is 6.51. The number of likely N-dealkylation sites (tertiary alicyclic amines) is 1. The normalized spacial score (nSPS) is 18.0. The SMILES string of the molecule is CN(C)C1CCN(C(=O)c2ncccc2C#CCO)C1. The molecule has 1 atom stereocenters. The summed E-state index contributed by atoms with van der Waals surface area (Å²) >= 11 is 0. The van der Waals surface area contributed by atoms with Gasteiger partial charge in [0.15, 0.2) is 0 Å². The Morgan fingerprint density at radius 2 is 2.40 bits per heavy atom. The van der Waals surface area contributed by atoms with Crippen LogP contribution in [0.5, 0.6) is 0 Å². The van der Waals surface area contributed by atoms with Crippen molar-refractivity contribution < 1.29 is 9.90 Å². The van der Waals surface area contributed by atoms with Gasteiger partial charge in [0.25, 0.3) is 5.91 Å². The first-order valence-electron chi connectivity index (χ1n) is 6.64. The monoisotopic (exact) mass is 273 g/mol. The van der Waals surface area contributed by atoms with Crippen LogP contribution < -0.4 is 0 Å². The van der Waals surface area contributed by atoms with E-state index in [-0.39, 0.29) is 12.5 Å². The van der Waals surface area contributed by atoms with Gasteiger partial charge in [-0.05, 0) is 32.6 Å². The van der Waals surface area contributed by atoms with Crippen LogP contribution in [0, 0.1) is 11.8 Å². The smallest absolute Gasteiger partial charge is 0.273 e. The topological polar surface area (TPSA) is 56.7 Å². The summed E-state index contributed by atoms with van der Waals surface area (Å²) in [5, 5.41) is 8.77. The molecule has 1 aliphatic heterocycles. The fourth-order valence-electron chi connectivity index (χ4n) is 2.31. The minimum atomic E-state index is -0.227. The van der Waals surface area contributed by atoms with Gasteiger partial charge in [0, 0.05) is 25.3 Å². The molecular weight excluding hydrogens is 254 g/mol. The van der Waals surface area contributed by atoms with Gasteiger partial charge in [-0.3, -0.25) is 4.79 Å². The van der Waals surface area contributed by atoms with Gasteiger partial charge in [-0.15, -0.1) is 0 Å². The molecule has 2 heterocycles. The van der Waals surface area contributed by atoms with Crippen molar-refractivity contribution in [3.05, 3.63) is 29.6 Å². The highest BCUT2D eigenvalue weighted by molar-refractivity contribution is 5.95. The Labute approximate surface area is 119 Å². The minimum absolute atomic E-state index is 0.0859. The van der Waals surface area contributed by atoms with Crippen LogP contribution in [0.1, 0.15) is 22.5 Å². The Morgan fingerprint density at radius 3 is 3.05 bits per heavy atom. The van der Waals surface area contributed by atoms with Crippen molar-refractivity contribution in [1.82, 2.24) is 14.8 Å². The summed E-state index contributed by atoms with van der Waals surface area (Å²) in [7, 11) is 4.05. The zero-order chi connectivity index (χ0) is 14.5. The molecule has 1 N–H and O–H groups in total. The van der Waals surface area contributed by atoms with Gasteiger partial charge in [0.2, 0.25) is 0 Å². The van der Waals surface area contributed by atoms with Gasteiger partial charge in [-0.1, -0.05) is 11.8 Å². The van der Waals surface area contributed by atoms with E-state index in [1.165, 1.54) is 0 Å². The molecule has 0 radical (unpaired) electrons. The van der Waals surface area contributed by atoms with Crippen molar-refractivity contribution in [2.24, 2.45) is 0 Å². The molecule has 0 saturated carbocycles. The van der Waals surface area contributed by atoms with E-state index in [0.717, 1.165) is 19.5 Å². The summed E-state index contributed by atoms with van der Waals surface area (Å²) in [6.45, 7) is 1.23. The second-order valence-electron chi connectivity index (χ2n) is 5.02. The number of aliphatic hydroxyl groups excluding tert-OH is 1. The van der Waals surface area contributed by atoms with E-state index in [1.54, 1.807) is 18.3 Å². The van der Waals surface area contributed by atoms with Crippen molar-refractivity contribution in [1.29, 1.82) is 0 Å². The molecule has 0 aromatic carbocycles. The lowest BCUT2D eigenvalue weighted by molar-refractivity contribution is 0.0777. The van der Waals surface area contributed by atoms with Crippen LogP contribution in [0.25, 0.3) is 0 Å². The number of carbonyl (C=O) groups excluding carboxylic acids is 1. The van der Waals surface area contributed by atoms with Crippen LogP contribution in [-0.4, -0.2) is 65.6 Å². The summed E-state index contributed by atoms with van der Waals surface area (Å²) in [6.07, 6.45) is 2.57. The third kappa shape index (κ3) is 3.16. The van der Waals surface area contributed by atoms with E-state index in [9.17, 15) is 4.79 Å². The molecule has 1 unspecified atom stereocenters. The average Bonchev–Trinajstić information content (AvgIpc) is 2.94. The zero-order valence-corrected chi connectivity index (χ0v) is 11.8. The predicted octanol–water partition coefficient (Wildman–Crippen LogP) is 0.201. The summed E-state index contributed by atoms with van der Waals surface area (Å²) in [6, 6.07) is 3.89. The molecule has 5 nitrogen and oxygen atoms in total. The van der Waals surface area contributed by atoms with Gasteiger partial charge in [0.1, 0.15) is 12.3 Å². The molecule has 2 rings (SSSR count). The largest absolute Gasteiger partial charge is 0.384 e. The van der Waals surface area contributed by atoms with Crippen LogP contribution in [0.3, 0.4) is 0 Å². The molecule has 20 heavy (non-hydrogen) atoms. The Kier molecular flexibility index (Phi) is 4.72. The maximum Gasteiger partial charge on any atom is 0.273 e. The highest BCUT2D eigenvalue weighted by Crippen LogP contribution is 2.17. The minimum Gasteiger partial charge on any atom is -0.384 e. The number of pyridine rings is 1. The molecular formula is C15H19N3O2. The molecule has 1 fully saturated rings. The Bertz CT molecular complexity index is 546. The third-order valence-electron chi connectivity index (χ3n) is 3.49. The highest BCUT2D eigenvalue weighted by atomic mass is 16.2. The van der Waals surface area contributed by atoms with Gasteiger partial charge < -0.3 is 14.9 Å². The molecule has 1 aromatic heterocycles. The third-order valence-corrected chi connectivity index (χ3v) is 3.49. The average molecular weight is 273 g/mol. The van der Waals surface area contributed by atoms with Gasteiger partial charge >= 0.3 is 0 Å². The lowest BCUT2D eigenvalue weighted by Crippen LogP contribution is -2.35. The molecule has 0 spiro atoms. The summed E-state index contributed by atoms with van der Waals surface area (Å²) < 4.78 is 0. The summed E-state index contributed by atoms with van der Waals surface area (Å²) in [5.74, 6) is 5.26. The van der Waals surface area contributed by atoms with Crippen molar-refractivity contribution in [3.8, 4) is 11.8 Å². The molecule has 5 heteroatoms. The first kappa shape index (κ1) is 14.5. The summed E-state index contributed by atoms with van der Waals surface area (Å²) in [4.78, 5) is 20.6. The van der Waals surface area contributed by atoms with Gasteiger partial charge in [-0.2, -0.15) is 0 Å². The molecule has 1 saturated heterocycles. The summed E-state index contributed by atoms with van der Waals surface area (Å²) in [5.41, 5.74) is 0.938. The Balaban J connectivity index is 2.18. The number of likely N-dealkylation sites (N-methyl/N-ethyl adjacent to an activating group) is 1.